The zero-order valence-corrected chi connectivity index (χ0v) is 19.6. The number of nitrogen functional groups attached to an aromatic ring is 1. The molecule has 0 bridgehead atoms. The molecule has 3 aromatic carbocycles. The molecule has 0 fully saturated rings. The van der Waals surface area contributed by atoms with Crippen molar-refractivity contribution in [1.82, 2.24) is 4.98 Å². The van der Waals surface area contributed by atoms with Crippen molar-refractivity contribution < 1.29 is 4.79 Å². The van der Waals surface area contributed by atoms with Crippen LogP contribution in [0.4, 0.5) is 11.4 Å². The van der Waals surface area contributed by atoms with E-state index in [0.29, 0.717) is 17.1 Å². The van der Waals surface area contributed by atoms with Crippen molar-refractivity contribution in [2.75, 3.05) is 17.2 Å². The fraction of sp³-hybridized carbons (Fsp3) is 0.103. The van der Waals surface area contributed by atoms with Crippen LogP contribution in [-0.2, 0) is 6.42 Å². The van der Waals surface area contributed by atoms with Gasteiger partial charge in [-0.1, -0.05) is 78.4 Å². The van der Waals surface area contributed by atoms with Gasteiger partial charge in [0, 0.05) is 23.2 Å². The summed E-state index contributed by atoms with van der Waals surface area (Å²) >= 11 is 1.39. The van der Waals surface area contributed by atoms with Crippen LogP contribution < -0.4 is 10.6 Å². The van der Waals surface area contributed by atoms with Crippen LogP contribution in [0.25, 0.3) is 32.6 Å². The number of anilines is 2. The Morgan fingerprint density at radius 1 is 0.941 bits per heavy atom. The maximum atomic E-state index is 13.7. The van der Waals surface area contributed by atoms with Crippen LogP contribution >= 0.6 is 11.3 Å². The molecule has 1 aliphatic heterocycles. The number of nitrogens with zero attached hydrogens (tertiary/aromatic N) is 2. The van der Waals surface area contributed by atoms with Gasteiger partial charge in [0.05, 0.1) is 11.4 Å². The van der Waals surface area contributed by atoms with Crippen LogP contribution in [0.15, 0.2) is 84.9 Å². The summed E-state index contributed by atoms with van der Waals surface area (Å²) in [4.78, 5) is 21.8. The van der Waals surface area contributed by atoms with Crippen LogP contribution in [0.5, 0.6) is 0 Å². The molecule has 2 aromatic heterocycles. The Bertz CT molecular complexity index is 1540. The number of nitrogens with two attached hydrogens (primary N) is 1. The summed E-state index contributed by atoms with van der Waals surface area (Å²) in [5, 5.41) is 0.851. The molecular weight excluding hydrogens is 438 g/mol. The van der Waals surface area contributed by atoms with Crippen molar-refractivity contribution in [3.05, 3.63) is 101 Å². The van der Waals surface area contributed by atoms with E-state index in [4.69, 9.17) is 10.7 Å². The number of aryl methyl sites for hydroxylation is 1. The molecule has 0 saturated carbocycles. The zero-order valence-electron chi connectivity index (χ0n) is 18.8. The van der Waals surface area contributed by atoms with Crippen LogP contribution in [0.2, 0.25) is 0 Å². The van der Waals surface area contributed by atoms with Gasteiger partial charge in [0.15, 0.2) is 0 Å². The zero-order chi connectivity index (χ0) is 23.2. The fourth-order valence-electron chi connectivity index (χ4n) is 4.67. The van der Waals surface area contributed by atoms with Crippen LogP contribution in [0, 0.1) is 6.92 Å². The molecule has 2 N–H and O–H groups in total. The number of amides is 1. The molecular formula is C29H23N3OS. The topological polar surface area (TPSA) is 59.2 Å². The van der Waals surface area contributed by atoms with Gasteiger partial charge in [0.1, 0.15) is 9.71 Å². The molecule has 1 aliphatic rings. The van der Waals surface area contributed by atoms with Gasteiger partial charge in [-0.25, -0.2) is 4.98 Å². The lowest BCUT2D eigenvalue weighted by molar-refractivity contribution is 0.0994. The molecule has 5 aromatic rings. The summed E-state index contributed by atoms with van der Waals surface area (Å²) in [5.41, 5.74) is 14.5. The second-order valence-electron chi connectivity index (χ2n) is 8.65. The maximum absolute atomic E-state index is 13.7. The average molecular weight is 462 g/mol. The van der Waals surface area contributed by atoms with E-state index in [1.807, 2.05) is 41.3 Å². The molecule has 0 saturated heterocycles. The molecule has 1 amide bonds. The Balaban J connectivity index is 1.54. The molecule has 166 valence electrons. The van der Waals surface area contributed by atoms with Crippen molar-refractivity contribution in [1.29, 1.82) is 0 Å². The Labute approximate surface area is 202 Å². The van der Waals surface area contributed by atoms with Crippen LogP contribution in [0.1, 0.15) is 20.8 Å². The molecule has 3 heterocycles. The summed E-state index contributed by atoms with van der Waals surface area (Å²) in [6, 6.07) is 28.7. The number of fused-ring (bicyclic) bond motifs is 2. The second kappa shape index (κ2) is 8.12. The first-order chi connectivity index (χ1) is 16.6. The molecule has 6 rings (SSSR count). The van der Waals surface area contributed by atoms with Gasteiger partial charge in [0.25, 0.3) is 5.91 Å². The highest BCUT2D eigenvalue weighted by molar-refractivity contribution is 7.21. The van der Waals surface area contributed by atoms with Gasteiger partial charge < -0.3 is 10.6 Å². The summed E-state index contributed by atoms with van der Waals surface area (Å²) in [5.74, 6) is -0.0541. The minimum absolute atomic E-state index is 0.0541. The molecule has 34 heavy (non-hydrogen) atoms. The lowest BCUT2D eigenvalue weighted by Crippen LogP contribution is -2.28. The van der Waals surface area contributed by atoms with Gasteiger partial charge in [-0.15, -0.1) is 11.3 Å². The summed E-state index contributed by atoms with van der Waals surface area (Å²) in [6.07, 6.45) is 0.859. The highest BCUT2D eigenvalue weighted by atomic mass is 32.1. The fourth-order valence-corrected chi connectivity index (χ4v) is 5.74. The number of carbonyl (C=O) groups is 1. The van der Waals surface area contributed by atoms with Gasteiger partial charge in [-0.2, -0.15) is 0 Å². The summed E-state index contributed by atoms with van der Waals surface area (Å²) in [6.45, 7) is 2.74. The molecule has 0 atom stereocenters. The highest BCUT2D eigenvalue weighted by Gasteiger charge is 2.29. The van der Waals surface area contributed by atoms with Crippen molar-refractivity contribution in [3.63, 3.8) is 0 Å². The minimum atomic E-state index is -0.0541. The Hall–Kier alpha value is -3.96. The standard InChI is InChI=1S/C29H23N3OS/c1-18-11-13-19(14-12-18)22-17-23(20-7-3-2-4-8-20)31-28-25(22)26(30)27(34-28)29(33)32-16-15-21-9-5-6-10-24(21)32/h2-14,17H,15-16,30H2,1H3. The molecule has 4 nitrogen and oxygen atoms in total. The number of rotatable bonds is 3. The number of thiophene rings is 1. The SMILES string of the molecule is Cc1ccc(-c2cc(-c3ccccc3)nc3sc(C(=O)N4CCc5ccccc54)c(N)c23)cc1. The van der Waals surface area contributed by atoms with E-state index in [1.165, 1.54) is 22.5 Å². The number of aromatic nitrogens is 1. The molecule has 5 heteroatoms. The van der Waals surface area contributed by atoms with E-state index in [0.717, 1.165) is 44.7 Å². The first kappa shape index (κ1) is 20.6. The number of hydrogen-bond acceptors (Lipinski definition) is 4. The van der Waals surface area contributed by atoms with Crippen LogP contribution in [0.3, 0.4) is 0 Å². The second-order valence-corrected chi connectivity index (χ2v) is 9.65. The number of carbonyl (C=O) groups excluding carboxylic acids is 1. The van der Waals surface area contributed by atoms with Crippen LogP contribution in [-0.4, -0.2) is 17.4 Å². The number of para-hydroxylation sites is 1. The third kappa shape index (κ3) is 3.37. The third-order valence-electron chi connectivity index (χ3n) is 6.46. The lowest BCUT2D eigenvalue weighted by atomic mass is 9.98. The average Bonchev–Trinajstić information content (AvgIpc) is 3.45. The predicted octanol–water partition coefficient (Wildman–Crippen LogP) is 6.72. The van der Waals surface area contributed by atoms with E-state index in [1.54, 1.807) is 0 Å². The van der Waals surface area contributed by atoms with E-state index in [-0.39, 0.29) is 5.91 Å². The molecule has 0 unspecified atom stereocenters. The largest absolute Gasteiger partial charge is 0.397 e. The van der Waals surface area contributed by atoms with E-state index in [2.05, 4.69) is 55.5 Å². The van der Waals surface area contributed by atoms with E-state index < -0.39 is 0 Å². The normalized spacial score (nSPS) is 12.8. The smallest absolute Gasteiger partial charge is 0.270 e. The molecule has 0 spiro atoms. The van der Waals surface area contributed by atoms with Crippen molar-refractivity contribution >= 4 is 38.8 Å². The summed E-state index contributed by atoms with van der Waals surface area (Å²) in [7, 11) is 0. The van der Waals surface area contributed by atoms with Gasteiger partial charge in [-0.3, -0.25) is 4.79 Å². The Morgan fingerprint density at radius 3 is 2.47 bits per heavy atom. The highest BCUT2D eigenvalue weighted by Crippen LogP contribution is 2.42. The monoisotopic (exact) mass is 461 g/mol. The first-order valence-electron chi connectivity index (χ1n) is 11.4. The lowest BCUT2D eigenvalue weighted by Gasteiger charge is -2.16. The number of hydrogen-bond donors (Lipinski definition) is 1. The van der Waals surface area contributed by atoms with Gasteiger partial charge in [-0.05, 0) is 42.2 Å². The molecule has 0 radical (unpaired) electrons. The van der Waals surface area contributed by atoms with Crippen molar-refractivity contribution in [3.8, 4) is 22.4 Å². The predicted molar refractivity (Wildman–Crippen MR) is 141 cm³/mol. The van der Waals surface area contributed by atoms with E-state index >= 15 is 0 Å². The van der Waals surface area contributed by atoms with E-state index in [9.17, 15) is 4.79 Å². The van der Waals surface area contributed by atoms with Gasteiger partial charge >= 0.3 is 0 Å². The van der Waals surface area contributed by atoms with Crippen molar-refractivity contribution in [2.24, 2.45) is 0 Å². The maximum Gasteiger partial charge on any atom is 0.270 e. The Kier molecular flexibility index (Phi) is 4.93. The Morgan fingerprint density at radius 2 is 1.68 bits per heavy atom. The number of pyridine rings is 1. The minimum Gasteiger partial charge on any atom is -0.397 e. The quantitative estimate of drug-likeness (QED) is 0.324. The molecule has 0 aliphatic carbocycles. The summed E-state index contributed by atoms with van der Waals surface area (Å²) < 4.78 is 0. The third-order valence-corrected chi connectivity index (χ3v) is 7.55. The van der Waals surface area contributed by atoms with Crippen molar-refractivity contribution in [2.45, 2.75) is 13.3 Å². The van der Waals surface area contributed by atoms with Gasteiger partial charge in [0.2, 0.25) is 0 Å². The first-order valence-corrected chi connectivity index (χ1v) is 12.2. The number of benzene rings is 3.